The number of rotatable bonds is 2. The molecule has 0 aromatic heterocycles. The molecule has 0 unspecified atom stereocenters. The standard InChI is InChI=1S/C19H26ClN3O2/c20-16-7-4-6-15(14-16)17(24)22-10-5-11-23(13-12-22)18(25)19(21)8-2-1-3-9-19/h4,6-7,14H,1-3,5,8-13,21H2. The van der Waals surface area contributed by atoms with E-state index in [4.69, 9.17) is 17.3 Å². The summed E-state index contributed by atoms with van der Waals surface area (Å²) in [5.74, 6) is 0.0289. The highest BCUT2D eigenvalue weighted by Gasteiger charge is 2.38. The van der Waals surface area contributed by atoms with Gasteiger partial charge in [-0.3, -0.25) is 9.59 Å². The number of nitrogens with two attached hydrogens (primary N) is 1. The topological polar surface area (TPSA) is 66.6 Å². The molecule has 1 heterocycles. The molecule has 2 fully saturated rings. The molecule has 1 aromatic carbocycles. The second-order valence-corrected chi connectivity index (χ2v) is 7.60. The monoisotopic (exact) mass is 363 g/mol. The lowest BCUT2D eigenvalue weighted by molar-refractivity contribution is -0.138. The Labute approximate surface area is 154 Å². The molecule has 3 rings (SSSR count). The molecule has 0 spiro atoms. The van der Waals surface area contributed by atoms with E-state index in [9.17, 15) is 9.59 Å². The second-order valence-electron chi connectivity index (χ2n) is 7.17. The average molecular weight is 364 g/mol. The van der Waals surface area contributed by atoms with Crippen LogP contribution in [0.1, 0.15) is 48.9 Å². The van der Waals surface area contributed by atoms with Gasteiger partial charge in [0, 0.05) is 36.8 Å². The third-order valence-corrected chi connectivity index (χ3v) is 5.55. The fraction of sp³-hybridized carbons (Fsp3) is 0.579. The number of halogens is 1. The molecule has 6 heteroatoms. The van der Waals surface area contributed by atoms with Gasteiger partial charge >= 0.3 is 0 Å². The zero-order valence-corrected chi connectivity index (χ0v) is 15.3. The third-order valence-electron chi connectivity index (χ3n) is 5.31. The first-order chi connectivity index (χ1) is 12.0. The van der Waals surface area contributed by atoms with E-state index in [-0.39, 0.29) is 11.8 Å². The number of benzene rings is 1. The summed E-state index contributed by atoms with van der Waals surface area (Å²) in [6.45, 7) is 2.39. The lowest BCUT2D eigenvalue weighted by atomic mass is 9.81. The zero-order valence-electron chi connectivity index (χ0n) is 14.5. The summed E-state index contributed by atoms with van der Waals surface area (Å²) in [6.07, 6.45) is 5.52. The number of carbonyl (C=O) groups excluding carboxylic acids is 2. The molecule has 0 bridgehead atoms. The smallest absolute Gasteiger partial charge is 0.253 e. The fourth-order valence-electron chi connectivity index (χ4n) is 3.84. The Bertz CT molecular complexity index is 643. The Morgan fingerprint density at radius 2 is 1.64 bits per heavy atom. The molecule has 1 saturated carbocycles. The van der Waals surface area contributed by atoms with Crippen molar-refractivity contribution in [1.82, 2.24) is 9.80 Å². The summed E-state index contributed by atoms with van der Waals surface area (Å²) in [4.78, 5) is 29.3. The maximum atomic E-state index is 12.9. The Morgan fingerprint density at radius 1 is 0.960 bits per heavy atom. The number of amides is 2. The van der Waals surface area contributed by atoms with Crippen LogP contribution < -0.4 is 5.73 Å². The van der Waals surface area contributed by atoms with Crippen LogP contribution >= 0.6 is 11.6 Å². The Balaban J connectivity index is 1.64. The predicted octanol–water partition coefficient (Wildman–Crippen LogP) is 2.68. The Morgan fingerprint density at radius 3 is 2.36 bits per heavy atom. The molecule has 2 aliphatic rings. The van der Waals surface area contributed by atoms with Crippen molar-refractivity contribution >= 4 is 23.4 Å². The molecule has 1 aliphatic heterocycles. The van der Waals surface area contributed by atoms with Gasteiger partial charge in [-0.15, -0.1) is 0 Å². The van der Waals surface area contributed by atoms with Crippen molar-refractivity contribution in [2.75, 3.05) is 26.2 Å². The number of hydrogen-bond donors (Lipinski definition) is 1. The van der Waals surface area contributed by atoms with E-state index >= 15 is 0 Å². The van der Waals surface area contributed by atoms with Gasteiger partial charge in [-0.25, -0.2) is 0 Å². The van der Waals surface area contributed by atoms with Crippen molar-refractivity contribution in [3.63, 3.8) is 0 Å². The van der Waals surface area contributed by atoms with Crippen LogP contribution in [-0.2, 0) is 4.79 Å². The van der Waals surface area contributed by atoms with Gasteiger partial charge in [0.15, 0.2) is 0 Å². The van der Waals surface area contributed by atoms with Gasteiger partial charge in [-0.2, -0.15) is 0 Å². The molecule has 0 atom stereocenters. The molecule has 136 valence electrons. The fourth-order valence-corrected chi connectivity index (χ4v) is 4.03. The minimum atomic E-state index is -0.704. The van der Waals surface area contributed by atoms with Gasteiger partial charge in [0.1, 0.15) is 0 Å². The minimum absolute atomic E-state index is 0.0306. The average Bonchev–Trinajstić information content (AvgIpc) is 2.87. The molecule has 2 N–H and O–H groups in total. The summed E-state index contributed by atoms with van der Waals surface area (Å²) in [5, 5.41) is 0.555. The van der Waals surface area contributed by atoms with Gasteiger partial charge < -0.3 is 15.5 Å². The zero-order chi connectivity index (χ0) is 17.9. The van der Waals surface area contributed by atoms with E-state index in [2.05, 4.69) is 0 Å². The van der Waals surface area contributed by atoms with E-state index in [1.165, 1.54) is 0 Å². The predicted molar refractivity (Wildman–Crippen MR) is 98.6 cm³/mol. The van der Waals surface area contributed by atoms with Crippen molar-refractivity contribution in [3.8, 4) is 0 Å². The van der Waals surface area contributed by atoms with Crippen LogP contribution in [0.15, 0.2) is 24.3 Å². The molecule has 5 nitrogen and oxygen atoms in total. The van der Waals surface area contributed by atoms with Gasteiger partial charge in [-0.05, 0) is 37.5 Å². The number of carbonyl (C=O) groups is 2. The lowest BCUT2D eigenvalue weighted by Crippen LogP contribution is -2.56. The van der Waals surface area contributed by atoms with Crippen LogP contribution in [0.3, 0.4) is 0 Å². The summed E-state index contributed by atoms with van der Waals surface area (Å²) < 4.78 is 0. The molecule has 25 heavy (non-hydrogen) atoms. The van der Waals surface area contributed by atoms with E-state index < -0.39 is 5.54 Å². The van der Waals surface area contributed by atoms with E-state index in [1.54, 1.807) is 24.3 Å². The van der Waals surface area contributed by atoms with E-state index in [0.717, 1.165) is 38.5 Å². The van der Waals surface area contributed by atoms with Crippen molar-refractivity contribution in [3.05, 3.63) is 34.9 Å². The van der Waals surface area contributed by atoms with Gasteiger partial charge in [0.05, 0.1) is 5.54 Å². The molecule has 2 amide bonds. The molecular formula is C19H26ClN3O2. The minimum Gasteiger partial charge on any atom is -0.339 e. The highest BCUT2D eigenvalue weighted by molar-refractivity contribution is 6.30. The Kier molecular flexibility index (Phi) is 5.64. The highest BCUT2D eigenvalue weighted by Crippen LogP contribution is 2.28. The quantitative estimate of drug-likeness (QED) is 0.878. The second kappa shape index (κ2) is 7.75. The molecule has 1 aromatic rings. The van der Waals surface area contributed by atoms with Crippen molar-refractivity contribution < 1.29 is 9.59 Å². The van der Waals surface area contributed by atoms with Crippen molar-refractivity contribution in [2.45, 2.75) is 44.1 Å². The van der Waals surface area contributed by atoms with Crippen LogP contribution in [0.5, 0.6) is 0 Å². The summed E-state index contributed by atoms with van der Waals surface area (Å²) in [5.41, 5.74) is 6.29. The van der Waals surface area contributed by atoms with Crippen molar-refractivity contribution in [1.29, 1.82) is 0 Å². The van der Waals surface area contributed by atoms with E-state index in [0.29, 0.717) is 36.8 Å². The summed E-state index contributed by atoms with van der Waals surface area (Å²) in [7, 11) is 0. The lowest BCUT2D eigenvalue weighted by Gasteiger charge is -2.36. The van der Waals surface area contributed by atoms with E-state index in [1.807, 2.05) is 9.80 Å². The van der Waals surface area contributed by atoms with Crippen LogP contribution in [0.4, 0.5) is 0 Å². The highest BCUT2D eigenvalue weighted by atomic mass is 35.5. The first kappa shape index (κ1) is 18.2. The first-order valence-electron chi connectivity index (χ1n) is 9.13. The molecular weight excluding hydrogens is 338 g/mol. The number of nitrogens with zero attached hydrogens (tertiary/aromatic N) is 2. The molecule has 1 aliphatic carbocycles. The van der Waals surface area contributed by atoms with Crippen LogP contribution in [0.25, 0.3) is 0 Å². The SMILES string of the molecule is NC1(C(=O)N2CCCN(C(=O)c3cccc(Cl)c3)CC2)CCCCC1. The van der Waals surface area contributed by atoms with Gasteiger partial charge in [0.25, 0.3) is 5.91 Å². The Hall–Kier alpha value is -1.59. The summed E-state index contributed by atoms with van der Waals surface area (Å²) in [6, 6.07) is 7.00. The summed E-state index contributed by atoms with van der Waals surface area (Å²) >= 11 is 5.99. The van der Waals surface area contributed by atoms with Crippen LogP contribution in [0.2, 0.25) is 5.02 Å². The van der Waals surface area contributed by atoms with Crippen molar-refractivity contribution in [2.24, 2.45) is 5.73 Å². The molecule has 1 saturated heterocycles. The number of hydrogen-bond acceptors (Lipinski definition) is 3. The van der Waals surface area contributed by atoms with Crippen LogP contribution in [-0.4, -0.2) is 53.3 Å². The molecule has 0 radical (unpaired) electrons. The third kappa shape index (κ3) is 4.15. The maximum absolute atomic E-state index is 12.9. The largest absolute Gasteiger partial charge is 0.339 e. The maximum Gasteiger partial charge on any atom is 0.253 e. The van der Waals surface area contributed by atoms with Gasteiger partial charge in [-0.1, -0.05) is 36.9 Å². The normalized spacial score (nSPS) is 20.9. The van der Waals surface area contributed by atoms with Gasteiger partial charge in [0.2, 0.25) is 5.91 Å². The van der Waals surface area contributed by atoms with Crippen LogP contribution in [0, 0.1) is 0 Å². The first-order valence-corrected chi connectivity index (χ1v) is 9.50.